The van der Waals surface area contributed by atoms with Crippen molar-refractivity contribution >= 4 is 21.8 Å². The summed E-state index contributed by atoms with van der Waals surface area (Å²) in [5.41, 5.74) is 1.30. The number of halogens is 2. The normalized spacial score (nSPS) is 10.5. The van der Waals surface area contributed by atoms with Crippen LogP contribution in [0.3, 0.4) is 0 Å². The van der Waals surface area contributed by atoms with Gasteiger partial charge in [0.25, 0.3) is 11.5 Å². The first-order valence-corrected chi connectivity index (χ1v) is 8.53. The molecular weight excluding hydrogens is 403 g/mol. The van der Waals surface area contributed by atoms with Crippen LogP contribution in [-0.2, 0) is 6.54 Å². The number of aromatic nitrogens is 3. The minimum absolute atomic E-state index is 0.252. The van der Waals surface area contributed by atoms with Gasteiger partial charge in [0.1, 0.15) is 5.82 Å². The van der Waals surface area contributed by atoms with E-state index >= 15 is 0 Å². The first kappa shape index (κ1) is 17.9. The highest BCUT2D eigenvalue weighted by Crippen LogP contribution is 2.15. The second-order valence-electron chi connectivity index (χ2n) is 5.46. The topological polar surface area (TPSA) is 76.9 Å². The van der Waals surface area contributed by atoms with E-state index in [1.165, 1.54) is 35.3 Å². The van der Waals surface area contributed by atoms with Crippen LogP contribution in [0.2, 0.25) is 0 Å². The summed E-state index contributed by atoms with van der Waals surface area (Å²) in [6, 6.07) is 8.80. The number of carbonyl (C=O) groups excluding carboxylic acids is 1. The van der Waals surface area contributed by atoms with Crippen LogP contribution in [0.4, 0.5) is 4.39 Å². The third-order valence-corrected chi connectivity index (χ3v) is 4.06. The molecule has 0 bridgehead atoms. The van der Waals surface area contributed by atoms with Gasteiger partial charge in [0.2, 0.25) is 0 Å². The summed E-state index contributed by atoms with van der Waals surface area (Å²) in [4.78, 5) is 32.4. The number of amides is 1. The molecule has 6 nitrogen and oxygen atoms in total. The van der Waals surface area contributed by atoms with Crippen LogP contribution in [0.15, 0.2) is 64.4 Å². The van der Waals surface area contributed by atoms with Gasteiger partial charge in [-0.2, -0.15) is 0 Å². The molecule has 1 N–H and O–H groups in total. The van der Waals surface area contributed by atoms with Crippen molar-refractivity contribution in [2.75, 3.05) is 6.54 Å². The van der Waals surface area contributed by atoms with Crippen molar-refractivity contribution < 1.29 is 9.18 Å². The number of nitrogens with one attached hydrogen (secondary N) is 1. The highest BCUT2D eigenvalue weighted by molar-refractivity contribution is 9.10. The molecule has 3 rings (SSSR count). The molecule has 0 saturated heterocycles. The number of benzene rings is 1. The van der Waals surface area contributed by atoms with Gasteiger partial charge < -0.3 is 5.32 Å². The van der Waals surface area contributed by atoms with Gasteiger partial charge in [-0.1, -0.05) is 0 Å². The molecule has 2 heterocycles. The number of pyridine rings is 1. The van der Waals surface area contributed by atoms with E-state index in [-0.39, 0.29) is 30.4 Å². The first-order chi connectivity index (χ1) is 12.5. The number of nitrogens with zero attached hydrogens (tertiary/aromatic N) is 3. The zero-order valence-electron chi connectivity index (χ0n) is 13.5. The fourth-order valence-corrected chi connectivity index (χ4v) is 2.67. The molecule has 0 spiro atoms. The quantitative estimate of drug-likeness (QED) is 0.693. The number of hydrogen-bond donors (Lipinski definition) is 1. The fraction of sp³-hybridized carbons (Fsp3) is 0.111. The second-order valence-corrected chi connectivity index (χ2v) is 6.38. The van der Waals surface area contributed by atoms with E-state index < -0.39 is 0 Å². The van der Waals surface area contributed by atoms with Crippen LogP contribution in [0, 0.1) is 5.82 Å². The van der Waals surface area contributed by atoms with E-state index in [1.54, 1.807) is 24.4 Å². The number of rotatable bonds is 5. The Labute approximate surface area is 156 Å². The van der Waals surface area contributed by atoms with Crippen molar-refractivity contribution in [1.82, 2.24) is 19.9 Å². The van der Waals surface area contributed by atoms with E-state index in [0.29, 0.717) is 21.3 Å². The van der Waals surface area contributed by atoms with Crippen molar-refractivity contribution in [1.29, 1.82) is 0 Å². The fourth-order valence-electron chi connectivity index (χ4n) is 2.30. The highest BCUT2D eigenvalue weighted by atomic mass is 79.9. The van der Waals surface area contributed by atoms with Gasteiger partial charge in [-0.25, -0.2) is 9.37 Å². The predicted octanol–water partition coefficient (Wildman–Crippen LogP) is 2.64. The molecule has 8 heteroatoms. The van der Waals surface area contributed by atoms with E-state index in [0.717, 1.165) is 0 Å². The largest absolute Gasteiger partial charge is 0.350 e. The lowest BCUT2D eigenvalue weighted by molar-refractivity contribution is 0.0951. The summed E-state index contributed by atoms with van der Waals surface area (Å²) in [6.45, 7) is 0.547. The zero-order valence-corrected chi connectivity index (χ0v) is 15.1. The van der Waals surface area contributed by atoms with Crippen molar-refractivity contribution in [3.63, 3.8) is 0 Å². The lowest BCUT2D eigenvalue weighted by Crippen LogP contribution is -2.30. The molecule has 26 heavy (non-hydrogen) atoms. The van der Waals surface area contributed by atoms with E-state index in [4.69, 9.17) is 0 Å². The minimum atomic E-state index is -0.349. The van der Waals surface area contributed by atoms with Gasteiger partial charge in [-0.15, -0.1) is 0 Å². The SMILES string of the molecule is O=C(NCCn1cnc(-c2ccc(F)cc2)cc1=O)c1cncc(Br)c1. The molecule has 1 aromatic carbocycles. The molecule has 0 aliphatic heterocycles. The van der Waals surface area contributed by atoms with Crippen LogP contribution < -0.4 is 10.9 Å². The second kappa shape index (κ2) is 8.01. The lowest BCUT2D eigenvalue weighted by atomic mass is 10.1. The Morgan fingerprint density at radius 1 is 1.19 bits per heavy atom. The van der Waals surface area contributed by atoms with Gasteiger partial charge >= 0.3 is 0 Å². The standard InChI is InChI=1S/C18H14BrFN4O2/c19-14-7-13(9-21-10-14)18(26)22-5-6-24-11-23-16(8-17(24)25)12-1-3-15(20)4-2-12/h1-4,7-11H,5-6H2,(H,22,26). The van der Waals surface area contributed by atoms with Crippen molar-refractivity contribution in [3.05, 3.63) is 81.3 Å². The molecule has 0 saturated carbocycles. The monoisotopic (exact) mass is 416 g/mol. The Hall–Kier alpha value is -2.87. The molecule has 132 valence electrons. The Morgan fingerprint density at radius 3 is 2.65 bits per heavy atom. The molecule has 0 aliphatic rings. The molecular formula is C18H14BrFN4O2. The molecule has 0 aliphatic carbocycles. The van der Waals surface area contributed by atoms with Crippen molar-refractivity contribution in [3.8, 4) is 11.3 Å². The molecule has 0 atom stereocenters. The third kappa shape index (κ3) is 4.40. The van der Waals surface area contributed by atoms with Gasteiger partial charge in [-0.05, 0) is 46.3 Å². The van der Waals surface area contributed by atoms with E-state index in [1.807, 2.05) is 0 Å². The first-order valence-electron chi connectivity index (χ1n) is 7.74. The van der Waals surface area contributed by atoms with Crippen LogP contribution in [-0.4, -0.2) is 27.0 Å². The van der Waals surface area contributed by atoms with Gasteiger partial charge in [0.15, 0.2) is 0 Å². The van der Waals surface area contributed by atoms with Crippen molar-refractivity contribution in [2.45, 2.75) is 6.54 Å². The summed E-state index contributed by atoms with van der Waals surface area (Å²) >= 11 is 3.26. The van der Waals surface area contributed by atoms with Gasteiger partial charge in [-0.3, -0.25) is 19.1 Å². The molecule has 1 amide bonds. The zero-order chi connectivity index (χ0) is 18.5. The lowest BCUT2D eigenvalue weighted by Gasteiger charge is -2.08. The van der Waals surface area contributed by atoms with Crippen LogP contribution in [0.5, 0.6) is 0 Å². The van der Waals surface area contributed by atoms with E-state index in [2.05, 4.69) is 31.2 Å². The van der Waals surface area contributed by atoms with Gasteiger partial charge in [0, 0.05) is 41.6 Å². The molecule has 2 aromatic heterocycles. The van der Waals surface area contributed by atoms with Crippen molar-refractivity contribution in [2.24, 2.45) is 0 Å². The average Bonchev–Trinajstić information content (AvgIpc) is 2.63. The van der Waals surface area contributed by atoms with Crippen LogP contribution in [0.25, 0.3) is 11.3 Å². The third-order valence-electron chi connectivity index (χ3n) is 3.62. The maximum absolute atomic E-state index is 13.0. The maximum Gasteiger partial charge on any atom is 0.253 e. The Kier molecular flexibility index (Phi) is 5.52. The highest BCUT2D eigenvalue weighted by Gasteiger charge is 2.07. The minimum Gasteiger partial charge on any atom is -0.350 e. The summed E-state index contributed by atoms with van der Waals surface area (Å²) in [6.07, 6.45) is 4.46. The summed E-state index contributed by atoms with van der Waals surface area (Å²) in [7, 11) is 0. The Balaban J connectivity index is 1.63. The number of carbonyl (C=O) groups is 1. The summed E-state index contributed by atoms with van der Waals surface area (Å²) in [5, 5.41) is 2.73. The number of hydrogen-bond acceptors (Lipinski definition) is 4. The average molecular weight is 417 g/mol. The predicted molar refractivity (Wildman–Crippen MR) is 98.2 cm³/mol. The smallest absolute Gasteiger partial charge is 0.253 e. The Bertz CT molecular complexity index is 989. The Morgan fingerprint density at radius 2 is 1.96 bits per heavy atom. The van der Waals surface area contributed by atoms with Crippen LogP contribution >= 0.6 is 15.9 Å². The molecule has 3 aromatic rings. The summed E-state index contributed by atoms with van der Waals surface area (Å²) in [5.74, 6) is -0.624. The summed E-state index contributed by atoms with van der Waals surface area (Å²) < 4.78 is 15.1. The maximum atomic E-state index is 13.0. The molecule has 0 unspecified atom stereocenters. The van der Waals surface area contributed by atoms with E-state index in [9.17, 15) is 14.0 Å². The molecule has 0 radical (unpaired) electrons. The van der Waals surface area contributed by atoms with Crippen LogP contribution in [0.1, 0.15) is 10.4 Å². The molecule has 0 fully saturated rings. The van der Waals surface area contributed by atoms with Gasteiger partial charge in [0.05, 0.1) is 17.6 Å².